The van der Waals surface area contributed by atoms with Crippen molar-refractivity contribution in [2.24, 2.45) is 0 Å². The lowest BCUT2D eigenvalue weighted by Crippen LogP contribution is -2.39. The van der Waals surface area contributed by atoms with Crippen LogP contribution in [0.4, 0.5) is 5.82 Å². The predicted molar refractivity (Wildman–Crippen MR) is 140 cm³/mol. The Labute approximate surface area is 217 Å². The van der Waals surface area contributed by atoms with E-state index in [2.05, 4.69) is 32.2 Å². The van der Waals surface area contributed by atoms with E-state index >= 15 is 0 Å². The number of nitrogens with one attached hydrogen (secondary N) is 2. The first-order chi connectivity index (χ1) is 17.9. The number of amides is 1. The molecule has 0 saturated carbocycles. The van der Waals surface area contributed by atoms with Crippen molar-refractivity contribution in [1.82, 2.24) is 34.8 Å². The predicted octanol–water partition coefficient (Wildman–Crippen LogP) is 2.11. The molecule has 0 aliphatic carbocycles. The van der Waals surface area contributed by atoms with Crippen molar-refractivity contribution in [3.63, 3.8) is 0 Å². The fourth-order valence-electron chi connectivity index (χ4n) is 4.19. The maximum atomic E-state index is 12.4. The van der Waals surface area contributed by atoms with Crippen LogP contribution in [0, 0.1) is 13.8 Å². The summed E-state index contributed by atoms with van der Waals surface area (Å²) < 4.78 is 1.67. The second kappa shape index (κ2) is 10.2. The molecule has 5 heterocycles. The third-order valence-electron chi connectivity index (χ3n) is 5.98. The van der Waals surface area contributed by atoms with E-state index in [4.69, 9.17) is 9.97 Å². The molecule has 11 nitrogen and oxygen atoms in total. The first-order valence-electron chi connectivity index (χ1n) is 11.6. The van der Waals surface area contributed by atoms with Crippen LogP contribution in [0.2, 0.25) is 0 Å². The van der Waals surface area contributed by atoms with Gasteiger partial charge >= 0.3 is 0 Å². The fraction of sp³-hybridized carbons (Fsp3) is 0.280. The van der Waals surface area contributed by atoms with Crippen LogP contribution >= 0.6 is 11.8 Å². The van der Waals surface area contributed by atoms with E-state index in [0.29, 0.717) is 34.9 Å². The summed E-state index contributed by atoms with van der Waals surface area (Å²) in [5, 5.41) is 25.6. The van der Waals surface area contributed by atoms with Crippen LogP contribution in [-0.4, -0.2) is 63.1 Å². The summed E-state index contributed by atoms with van der Waals surface area (Å²) in [6, 6.07) is 5.84. The van der Waals surface area contributed by atoms with E-state index in [1.54, 1.807) is 23.2 Å². The van der Waals surface area contributed by atoms with E-state index in [1.807, 2.05) is 32.0 Å². The van der Waals surface area contributed by atoms with Crippen LogP contribution < -0.4 is 10.6 Å². The minimum absolute atomic E-state index is 0.412. The molecule has 5 rings (SSSR count). The lowest BCUT2D eigenvalue weighted by atomic mass is 10.1. The highest BCUT2D eigenvalue weighted by atomic mass is 32.2. The summed E-state index contributed by atoms with van der Waals surface area (Å²) in [7, 11) is 0. The number of aromatic nitrogens is 6. The molecule has 37 heavy (non-hydrogen) atoms. The molecule has 1 saturated heterocycles. The number of nitrogens with zero attached hydrogens (tertiary/aromatic N) is 6. The number of hydrogen-bond acceptors (Lipinski definition) is 10. The highest BCUT2D eigenvalue weighted by Gasteiger charge is 2.47. The van der Waals surface area contributed by atoms with Gasteiger partial charge in [0.15, 0.2) is 22.8 Å². The van der Waals surface area contributed by atoms with Crippen LogP contribution in [0.3, 0.4) is 0 Å². The molecule has 4 aromatic heterocycles. The number of fused-ring (bicyclic) bond motifs is 1. The molecule has 0 unspecified atom stereocenters. The van der Waals surface area contributed by atoms with Crippen LogP contribution in [0.25, 0.3) is 22.6 Å². The summed E-state index contributed by atoms with van der Waals surface area (Å²) in [6.45, 7) is 7.84. The maximum Gasteiger partial charge on any atom is 0.239 e. The monoisotopic (exact) mass is 518 g/mol. The number of hydrogen-bond donors (Lipinski definition) is 4. The summed E-state index contributed by atoms with van der Waals surface area (Å²) in [5.74, 6) is 0.472. The summed E-state index contributed by atoms with van der Waals surface area (Å²) in [5.41, 5.74) is 4.53. The summed E-state index contributed by atoms with van der Waals surface area (Å²) in [4.78, 5) is 35.1. The number of imidazole rings is 1. The van der Waals surface area contributed by atoms with Crippen LogP contribution in [-0.2, 0) is 11.3 Å². The molecule has 12 heteroatoms. The Kier molecular flexibility index (Phi) is 6.87. The first-order valence-corrected chi connectivity index (χ1v) is 12.5. The van der Waals surface area contributed by atoms with Gasteiger partial charge in [0.1, 0.15) is 22.8 Å². The van der Waals surface area contributed by atoms with Gasteiger partial charge in [-0.3, -0.25) is 19.3 Å². The molecular weight excluding hydrogens is 492 g/mol. The number of aryl methyl sites for hydroxylation is 2. The Morgan fingerprint density at radius 3 is 2.76 bits per heavy atom. The zero-order chi connectivity index (χ0) is 26.1. The number of thioether (sulfide) groups is 1. The Bertz CT molecular complexity index is 1480. The Hall–Kier alpha value is -3.87. The molecule has 4 aromatic rings. The SMILES string of the molecule is C=CNC(=O)[C@H]1S[C@@H](n2cnc3c(NCc4cc(C)ccn4)nc(-c4cncc(C)c4)nc32)[C@H](O)[C@@H]1O. The maximum absolute atomic E-state index is 12.4. The second-order valence-corrected chi connectivity index (χ2v) is 10.1. The molecular formula is C25H26N8O3S. The third-order valence-corrected chi connectivity index (χ3v) is 7.55. The smallest absolute Gasteiger partial charge is 0.239 e. The molecule has 0 radical (unpaired) electrons. The minimum Gasteiger partial charge on any atom is -0.389 e. The summed E-state index contributed by atoms with van der Waals surface area (Å²) >= 11 is 1.13. The lowest BCUT2D eigenvalue weighted by Gasteiger charge is -2.17. The van der Waals surface area contributed by atoms with Crippen LogP contribution in [0.5, 0.6) is 0 Å². The van der Waals surface area contributed by atoms with Gasteiger partial charge in [-0.2, -0.15) is 0 Å². The Balaban J connectivity index is 1.57. The van der Waals surface area contributed by atoms with Gasteiger partial charge in [-0.1, -0.05) is 6.58 Å². The van der Waals surface area contributed by atoms with E-state index < -0.39 is 28.7 Å². The van der Waals surface area contributed by atoms with Gasteiger partial charge in [0, 0.05) is 24.2 Å². The lowest BCUT2D eigenvalue weighted by molar-refractivity contribution is -0.122. The molecule has 4 atom stereocenters. The highest BCUT2D eigenvalue weighted by Crippen LogP contribution is 2.43. The van der Waals surface area contributed by atoms with Crippen molar-refractivity contribution in [3.8, 4) is 11.4 Å². The number of anilines is 1. The number of aliphatic hydroxyl groups is 2. The quantitative estimate of drug-likeness (QED) is 0.286. The molecule has 190 valence electrons. The number of aliphatic hydroxyl groups excluding tert-OH is 2. The Morgan fingerprint density at radius 1 is 1.16 bits per heavy atom. The van der Waals surface area contributed by atoms with E-state index in [1.165, 1.54) is 12.5 Å². The number of carbonyl (C=O) groups is 1. The van der Waals surface area contributed by atoms with E-state index in [-0.39, 0.29) is 0 Å². The molecule has 1 amide bonds. The van der Waals surface area contributed by atoms with Gasteiger partial charge in [-0.05, 0) is 49.4 Å². The van der Waals surface area contributed by atoms with Gasteiger partial charge < -0.3 is 20.8 Å². The first kappa shape index (κ1) is 24.8. The van der Waals surface area contributed by atoms with E-state index in [9.17, 15) is 15.0 Å². The third kappa shape index (κ3) is 4.90. The van der Waals surface area contributed by atoms with Gasteiger partial charge in [-0.15, -0.1) is 11.8 Å². The topological polar surface area (TPSA) is 151 Å². The second-order valence-electron chi connectivity index (χ2n) is 8.79. The average molecular weight is 519 g/mol. The average Bonchev–Trinajstić information content (AvgIpc) is 3.43. The van der Waals surface area contributed by atoms with Crippen LogP contribution in [0.1, 0.15) is 22.2 Å². The van der Waals surface area contributed by atoms with Gasteiger partial charge in [-0.25, -0.2) is 15.0 Å². The molecule has 0 aromatic carbocycles. The van der Waals surface area contributed by atoms with Crippen LogP contribution in [0.15, 0.2) is 55.9 Å². The van der Waals surface area contributed by atoms with Crippen molar-refractivity contribution in [1.29, 1.82) is 0 Å². The molecule has 0 bridgehead atoms. The fourth-order valence-corrected chi connectivity index (χ4v) is 5.61. The van der Waals surface area contributed by atoms with Gasteiger partial charge in [0.2, 0.25) is 5.91 Å². The van der Waals surface area contributed by atoms with Gasteiger partial charge in [0.25, 0.3) is 0 Å². The van der Waals surface area contributed by atoms with Gasteiger partial charge in [0.05, 0.1) is 18.6 Å². The van der Waals surface area contributed by atoms with Crippen molar-refractivity contribution in [2.45, 2.75) is 43.2 Å². The van der Waals surface area contributed by atoms with Crippen molar-refractivity contribution >= 4 is 34.7 Å². The largest absolute Gasteiger partial charge is 0.389 e. The molecule has 0 spiro atoms. The van der Waals surface area contributed by atoms with Crippen molar-refractivity contribution in [2.75, 3.05) is 5.32 Å². The molecule has 1 aliphatic heterocycles. The zero-order valence-electron chi connectivity index (χ0n) is 20.2. The molecule has 1 fully saturated rings. The highest BCUT2D eigenvalue weighted by molar-refractivity contribution is 8.01. The number of pyridine rings is 2. The molecule has 4 N–H and O–H groups in total. The number of rotatable bonds is 7. The standard InChI is InChI=1S/C25H26N8O3S/c1-4-27-24(36)20-18(34)19(35)25(37-20)33-12-30-17-22(29-11-16-8-13(2)5-6-28-16)31-21(32-23(17)33)15-7-14(3)9-26-10-15/h4-10,12,18-20,25,34-35H,1,11H2,2-3H3,(H,27,36)(H,29,31,32)/t18-,19+,20-,25+/m0/s1. The minimum atomic E-state index is -1.28. The molecule has 1 aliphatic rings. The zero-order valence-corrected chi connectivity index (χ0v) is 21.1. The number of carbonyl (C=O) groups excluding carboxylic acids is 1. The van der Waals surface area contributed by atoms with Crippen molar-refractivity contribution < 1.29 is 15.0 Å². The normalized spacial score (nSPS) is 21.2. The van der Waals surface area contributed by atoms with E-state index in [0.717, 1.165) is 28.6 Å². The van der Waals surface area contributed by atoms with Crippen molar-refractivity contribution in [3.05, 3.63) is 72.7 Å². The summed E-state index contributed by atoms with van der Waals surface area (Å²) in [6.07, 6.45) is 5.46. The Morgan fingerprint density at radius 2 is 2.00 bits per heavy atom.